The molecule has 0 aliphatic heterocycles. The van der Waals surface area contributed by atoms with Crippen molar-refractivity contribution in [2.75, 3.05) is 7.11 Å². The lowest BCUT2D eigenvalue weighted by Crippen LogP contribution is -2.48. The summed E-state index contributed by atoms with van der Waals surface area (Å²) in [7, 11) is 1.74. The van der Waals surface area contributed by atoms with Crippen LogP contribution >= 0.6 is 11.6 Å². The van der Waals surface area contributed by atoms with E-state index in [1.165, 1.54) is 18.6 Å². The van der Waals surface area contributed by atoms with Crippen LogP contribution in [0.5, 0.6) is 0 Å². The van der Waals surface area contributed by atoms with E-state index in [1.807, 2.05) is 0 Å². The Morgan fingerprint density at radius 1 is 1.53 bits per heavy atom. The summed E-state index contributed by atoms with van der Waals surface area (Å²) < 4.78 is 18.8. The van der Waals surface area contributed by atoms with Gasteiger partial charge in [0.2, 0.25) is 0 Å². The third-order valence-corrected chi connectivity index (χ3v) is 4.39. The molecule has 0 bridgehead atoms. The Balaban J connectivity index is 2.04. The van der Waals surface area contributed by atoms with E-state index >= 15 is 0 Å². The highest BCUT2D eigenvalue weighted by atomic mass is 35.5. The highest BCUT2D eigenvalue weighted by molar-refractivity contribution is 6.31. The highest BCUT2D eigenvalue weighted by Crippen LogP contribution is 2.39. The lowest BCUT2D eigenvalue weighted by atomic mass is 9.75. The van der Waals surface area contributed by atoms with Crippen molar-refractivity contribution in [3.8, 4) is 0 Å². The second-order valence-electron chi connectivity index (χ2n) is 5.25. The Labute approximate surface area is 118 Å². The van der Waals surface area contributed by atoms with E-state index < -0.39 is 0 Å². The van der Waals surface area contributed by atoms with Crippen LogP contribution in [0.3, 0.4) is 0 Å². The van der Waals surface area contributed by atoms with Gasteiger partial charge in [-0.25, -0.2) is 4.39 Å². The SMILES string of the molecule is COC1(CC(Cc2cc(F)ccc2Cl)NN)CCC1. The van der Waals surface area contributed by atoms with Crippen molar-refractivity contribution in [3.63, 3.8) is 0 Å². The molecule has 1 saturated carbocycles. The topological polar surface area (TPSA) is 47.3 Å². The van der Waals surface area contributed by atoms with Crippen molar-refractivity contribution in [1.29, 1.82) is 0 Å². The van der Waals surface area contributed by atoms with Crippen molar-refractivity contribution in [2.45, 2.75) is 43.7 Å². The number of methoxy groups -OCH3 is 1. The Hall–Kier alpha value is -0.680. The summed E-state index contributed by atoms with van der Waals surface area (Å²) in [6, 6.07) is 4.43. The van der Waals surface area contributed by atoms with Gasteiger partial charge in [0.05, 0.1) is 5.60 Å². The van der Waals surface area contributed by atoms with Gasteiger partial charge in [0.25, 0.3) is 0 Å². The minimum atomic E-state index is -0.278. The zero-order valence-electron chi connectivity index (χ0n) is 11.1. The molecule has 1 aromatic rings. The molecule has 1 aliphatic rings. The fourth-order valence-electron chi connectivity index (χ4n) is 2.67. The van der Waals surface area contributed by atoms with Gasteiger partial charge in [-0.15, -0.1) is 0 Å². The quantitative estimate of drug-likeness (QED) is 0.624. The molecule has 1 aromatic carbocycles. The smallest absolute Gasteiger partial charge is 0.123 e. The zero-order valence-corrected chi connectivity index (χ0v) is 11.8. The van der Waals surface area contributed by atoms with E-state index in [-0.39, 0.29) is 17.5 Å². The second-order valence-corrected chi connectivity index (χ2v) is 5.66. The monoisotopic (exact) mass is 286 g/mol. The van der Waals surface area contributed by atoms with Crippen LogP contribution in [0.1, 0.15) is 31.2 Å². The maximum absolute atomic E-state index is 13.2. The molecule has 0 amide bonds. The molecule has 1 aliphatic carbocycles. The van der Waals surface area contributed by atoms with Gasteiger partial charge in [-0.05, 0) is 55.9 Å². The Morgan fingerprint density at radius 3 is 2.79 bits per heavy atom. The minimum Gasteiger partial charge on any atom is -0.378 e. The number of halogens is 2. The van der Waals surface area contributed by atoms with Crippen LogP contribution < -0.4 is 11.3 Å². The molecule has 0 heterocycles. The van der Waals surface area contributed by atoms with Gasteiger partial charge in [-0.1, -0.05) is 11.6 Å². The Bertz CT molecular complexity index is 432. The Kier molecular flexibility index (Phi) is 4.79. The average molecular weight is 287 g/mol. The predicted molar refractivity (Wildman–Crippen MR) is 74.4 cm³/mol. The minimum absolute atomic E-state index is 0.0274. The second kappa shape index (κ2) is 6.18. The fraction of sp³-hybridized carbons (Fsp3) is 0.571. The molecule has 1 atom stereocenters. The third-order valence-electron chi connectivity index (χ3n) is 4.03. The number of nitrogens with one attached hydrogen (secondary N) is 1. The standard InChI is InChI=1S/C14H20ClFN2O/c1-19-14(5-2-6-14)9-12(18-17)8-10-7-11(16)3-4-13(10)15/h3-4,7,12,18H,2,5-6,8-9,17H2,1H3. The number of nitrogens with two attached hydrogens (primary N) is 1. The van der Waals surface area contributed by atoms with E-state index in [1.54, 1.807) is 13.2 Å². The molecule has 5 heteroatoms. The summed E-state index contributed by atoms with van der Waals surface area (Å²) in [6.07, 6.45) is 4.70. The van der Waals surface area contributed by atoms with E-state index in [4.69, 9.17) is 22.2 Å². The molecule has 3 N–H and O–H groups in total. The first-order valence-corrected chi connectivity index (χ1v) is 6.91. The van der Waals surface area contributed by atoms with Gasteiger partial charge in [0.15, 0.2) is 0 Å². The highest BCUT2D eigenvalue weighted by Gasteiger charge is 2.38. The molecule has 3 nitrogen and oxygen atoms in total. The summed E-state index contributed by atoms with van der Waals surface area (Å²) in [5.74, 6) is 5.33. The molecule has 2 rings (SSSR count). The number of hydrazine groups is 1. The summed E-state index contributed by atoms with van der Waals surface area (Å²) >= 11 is 6.08. The molecular formula is C14H20ClFN2O. The van der Waals surface area contributed by atoms with E-state index in [2.05, 4.69) is 5.43 Å². The molecule has 19 heavy (non-hydrogen) atoms. The van der Waals surface area contributed by atoms with Gasteiger partial charge in [-0.2, -0.15) is 0 Å². The van der Waals surface area contributed by atoms with Gasteiger partial charge in [-0.3, -0.25) is 11.3 Å². The number of ether oxygens (including phenoxy) is 1. The maximum atomic E-state index is 13.2. The molecular weight excluding hydrogens is 267 g/mol. The summed E-state index contributed by atoms with van der Waals surface area (Å²) in [6.45, 7) is 0. The number of hydrogen-bond donors (Lipinski definition) is 2. The average Bonchev–Trinajstić information content (AvgIpc) is 2.36. The normalized spacial score (nSPS) is 18.9. The molecule has 1 unspecified atom stereocenters. The van der Waals surface area contributed by atoms with Crippen LogP contribution in [0.2, 0.25) is 5.02 Å². The zero-order chi connectivity index (χ0) is 13.9. The van der Waals surface area contributed by atoms with Crippen LogP contribution in [0.4, 0.5) is 4.39 Å². The lowest BCUT2D eigenvalue weighted by molar-refractivity contribution is -0.0834. The van der Waals surface area contributed by atoms with E-state index in [9.17, 15) is 4.39 Å². The predicted octanol–water partition coefficient (Wildman–Crippen LogP) is 2.81. The lowest BCUT2D eigenvalue weighted by Gasteiger charge is -2.42. The van der Waals surface area contributed by atoms with Gasteiger partial charge >= 0.3 is 0 Å². The van der Waals surface area contributed by atoms with E-state index in [0.717, 1.165) is 24.8 Å². The molecule has 0 radical (unpaired) electrons. The van der Waals surface area contributed by atoms with Gasteiger partial charge in [0, 0.05) is 18.2 Å². The summed E-state index contributed by atoms with van der Waals surface area (Å²) in [4.78, 5) is 0. The van der Waals surface area contributed by atoms with Gasteiger partial charge < -0.3 is 4.74 Å². The number of hydrogen-bond acceptors (Lipinski definition) is 3. The van der Waals surface area contributed by atoms with Crippen LogP contribution in [-0.4, -0.2) is 18.8 Å². The van der Waals surface area contributed by atoms with Crippen LogP contribution in [0.15, 0.2) is 18.2 Å². The first-order chi connectivity index (χ1) is 9.08. The van der Waals surface area contributed by atoms with Crippen molar-refractivity contribution >= 4 is 11.6 Å². The molecule has 1 fully saturated rings. The first-order valence-electron chi connectivity index (χ1n) is 6.54. The van der Waals surface area contributed by atoms with Crippen molar-refractivity contribution < 1.29 is 9.13 Å². The van der Waals surface area contributed by atoms with Crippen molar-refractivity contribution in [1.82, 2.24) is 5.43 Å². The first kappa shape index (κ1) is 14.7. The van der Waals surface area contributed by atoms with E-state index in [0.29, 0.717) is 11.4 Å². The molecule has 0 saturated heterocycles. The summed E-state index contributed by atoms with van der Waals surface area (Å²) in [5.41, 5.74) is 3.50. The number of benzene rings is 1. The maximum Gasteiger partial charge on any atom is 0.123 e. The van der Waals surface area contributed by atoms with Crippen molar-refractivity contribution in [3.05, 3.63) is 34.6 Å². The van der Waals surface area contributed by atoms with Crippen LogP contribution in [0, 0.1) is 5.82 Å². The summed E-state index contributed by atoms with van der Waals surface area (Å²) in [5, 5.41) is 0.571. The fourth-order valence-corrected chi connectivity index (χ4v) is 2.86. The van der Waals surface area contributed by atoms with Gasteiger partial charge in [0.1, 0.15) is 5.82 Å². The third kappa shape index (κ3) is 3.45. The van der Waals surface area contributed by atoms with Crippen LogP contribution in [-0.2, 0) is 11.2 Å². The molecule has 0 spiro atoms. The number of rotatable bonds is 6. The largest absolute Gasteiger partial charge is 0.378 e. The Morgan fingerprint density at radius 2 is 2.26 bits per heavy atom. The molecule has 0 aromatic heterocycles. The van der Waals surface area contributed by atoms with Crippen molar-refractivity contribution in [2.24, 2.45) is 5.84 Å². The van der Waals surface area contributed by atoms with Crippen LogP contribution in [0.25, 0.3) is 0 Å². The molecule has 106 valence electrons.